The molecule has 1 aromatic carbocycles. The van der Waals surface area contributed by atoms with Crippen molar-refractivity contribution in [3.8, 4) is 5.75 Å². The van der Waals surface area contributed by atoms with Crippen LogP contribution in [-0.2, 0) is 0 Å². The van der Waals surface area contributed by atoms with Gasteiger partial charge in [0.2, 0.25) is 5.13 Å². The molecule has 0 aliphatic heterocycles. The van der Waals surface area contributed by atoms with Crippen molar-refractivity contribution in [2.75, 3.05) is 24.7 Å². The van der Waals surface area contributed by atoms with Crippen molar-refractivity contribution in [3.63, 3.8) is 0 Å². The Balaban J connectivity index is 2.25. The van der Waals surface area contributed by atoms with Crippen LogP contribution in [0, 0.1) is 5.82 Å². The summed E-state index contributed by atoms with van der Waals surface area (Å²) in [6.07, 6.45) is 0. The van der Waals surface area contributed by atoms with E-state index >= 15 is 0 Å². The summed E-state index contributed by atoms with van der Waals surface area (Å²) in [6, 6.07) is 2.06. The summed E-state index contributed by atoms with van der Waals surface area (Å²) in [7, 11) is 3.63. The van der Waals surface area contributed by atoms with Gasteiger partial charge in [-0.3, -0.25) is 0 Å². The monoisotopic (exact) mass is 336 g/mol. The van der Waals surface area contributed by atoms with E-state index < -0.39 is 18.2 Å². The fraction of sp³-hybridized carbons (Fsp3) is 0.273. The molecule has 0 aliphatic carbocycles. The zero-order valence-corrected chi connectivity index (χ0v) is 12.6. The number of hydrogen-bond acceptors (Lipinski definition) is 7. The number of nitrogens with zero attached hydrogens (tertiary/aromatic N) is 3. The average Bonchev–Trinajstić information content (AvgIpc) is 2.83. The molecule has 0 spiro atoms. The third kappa shape index (κ3) is 3.91. The molecule has 0 bridgehead atoms. The summed E-state index contributed by atoms with van der Waals surface area (Å²) in [5, 5.41) is 8.56. The normalized spacial score (nSPS) is 11.0. The summed E-state index contributed by atoms with van der Waals surface area (Å²) >= 11 is 2.40. The number of benzene rings is 1. The van der Waals surface area contributed by atoms with Crippen LogP contribution in [0.4, 0.5) is 24.0 Å². The van der Waals surface area contributed by atoms with Crippen LogP contribution in [0.25, 0.3) is 0 Å². The molecule has 0 unspecified atom stereocenters. The van der Waals surface area contributed by atoms with Gasteiger partial charge in [-0.2, -0.15) is 8.78 Å². The van der Waals surface area contributed by atoms with Gasteiger partial charge in [0.1, 0.15) is 0 Å². The maximum absolute atomic E-state index is 13.5. The molecule has 0 radical (unpaired) electrons. The lowest BCUT2D eigenvalue weighted by molar-refractivity contribution is -0.0523. The van der Waals surface area contributed by atoms with Gasteiger partial charge in [0, 0.05) is 30.7 Å². The molecule has 0 fully saturated rings. The molecule has 0 aliphatic rings. The molecule has 0 saturated carbocycles. The predicted molar refractivity (Wildman–Crippen MR) is 75.8 cm³/mol. The van der Waals surface area contributed by atoms with Gasteiger partial charge in [0.05, 0.1) is 0 Å². The summed E-state index contributed by atoms with van der Waals surface area (Å²) in [5.41, 5.74) is 5.79. The van der Waals surface area contributed by atoms with Crippen LogP contribution in [0.15, 0.2) is 21.4 Å². The lowest BCUT2D eigenvalue weighted by Crippen LogP contribution is -2.07. The van der Waals surface area contributed by atoms with E-state index in [2.05, 4.69) is 14.9 Å². The minimum absolute atomic E-state index is 0.112. The number of anilines is 2. The van der Waals surface area contributed by atoms with Gasteiger partial charge in [0.15, 0.2) is 15.9 Å². The number of ether oxygens (including phenoxy) is 1. The lowest BCUT2D eigenvalue weighted by Gasteiger charge is -2.09. The van der Waals surface area contributed by atoms with Crippen molar-refractivity contribution in [2.24, 2.45) is 0 Å². The smallest absolute Gasteiger partial charge is 0.387 e. The number of halogens is 3. The molecule has 0 saturated heterocycles. The Morgan fingerprint density at radius 3 is 2.62 bits per heavy atom. The number of alkyl halides is 2. The standard InChI is InChI=1S/C11H11F3N4OS2/c1-18(2)10-16-17-11(21-10)20-8-4-7(19-9(13)14)5(12)3-6(8)15/h3-4,9H,15H2,1-2H3. The van der Waals surface area contributed by atoms with Gasteiger partial charge in [-0.15, -0.1) is 10.2 Å². The maximum Gasteiger partial charge on any atom is 0.387 e. The van der Waals surface area contributed by atoms with Crippen LogP contribution in [-0.4, -0.2) is 30.9 Å². The Morgan fingerprint density at radius 1 is 1.33 bits per heavy atom. The molecular weight excluding hydrogens is 325 g/mol. The first-order valence-electron chi connectivity index (χ1n) is 5.59. The largest absolute Gasteiger partial charge is 0.432 e. The lowest BCUT2D eigenvalue weighted by atomic mass is 10.3. The van der Waals surface area contributed by atoms with Crippen LogP contribution >= 0.6 is 23.1 Å². The number of nitrogens with two attached hydrogens (primary N) is 1. The fourth-order valence-corrected chi connectivity index (χ4v) is 3.12. The second kappa shape index (κ2) is 6.39. The van der Waals surface area contributed by atoms with Gasteiger partial charge in [-0.25, -0.2) is 4.39 Å². The van der Waals surface area contributed by atoms with E-state index in [1.807, 2.05) is 14.1 Å². The molecule has 10 heteroatoms. The van der Waals surface area contributed by atoms with Crippen molar-refractivity contribution in [2.45, 2.75) is 15.8 Å². The fourth-order valence-electron chi connectivity index (χ4n) is 1.34. The minimum atomic E-state index is -3.11. The van der Waals surface area contributed by atoms with Crippen LogP contribution in [0.1, 0.15) is 0 Å². The number of rotatable bonds is 5. The van der Waals surface area contributed by atoms with Crippen molar-refractivity contribution in [1.82, 2.24) is 10.2 Å². The summed E-state index contributed by atoms with van der Waals surface area (Å²) < 4.78 is 42.5. The number of nitrogen functional groups attached to an aromatic ring is 1. The van der Waals surface area contributed by atoms with E-state index in [1.165, 1.54) is 11.3 Å². The Kier molecular flexibility index (Phi) is 4.78. The van der Waals surface area contributed by atoms with E-state index in [9.17, 15) is 13.2 Å². The maximum atomic E-state index is 13.5. The van der Waals surface area contributed by atoms with E-state index in [-0.39, 0.29) is 5.69 Å². The molecule has 2 aromatic rings. The molecule has 114 valence electrons. The molecule has 2 rings (SSSR count). The topological polar surface area (TPSA) is 64.3 Å². The van der Waals surface area contributed by atoms with Crippen molar-refractivity contribution in [3.05, 3.63) is 17.9 Å². The number of aromatic nitrogens is 2. The first-order valence-corrected chi connectivity index (χ1v) is 7.22. The van der Waals surface area contributed by atoms with Crippen molar-refractivity contribution < 1.29 is 17.9 Å². The highest BCUT2D eigenvalue weighted by atomic mass is 32.2. The highest BCUT2D eigenvalue weighted by molar-refractivity contribution is 8.01. The summed E-state index contributed by atoms with van der Waals surface area (Å²) in [4.78, 5) is 2.15. The van der Waals surface area contributed by atoms with Crippen LogP contribution < -0.4 is 15.4 Å². The Hall–Kier alpha value is -1.68. The highest BCUT2D eigenvalue weighted by Gasteiger charge is 2.16. The van der Waals surface area contributed by atoms with E-state index in [4.69, 9.17) is 5.73 Å². The number of hydrogen-bond donors (Lipinski definition) is 1. The minimum Gasteiger partial charge on any atom is -0.432 e. The third-order valence-electron chi connectivity index (χ3n) is 2.26. The molecule has 1 aromatic heterocycles. The Morgan fingerprint density at radius 2 is 2.05 bits per heavy atom. The van der Waals surface area contributed by atoms with Crippen LogP contribution in [0.3, 0.4) is 0 Å². The molecule has 0 amide bonds. The van der Waals surface area contributed by atoms with Crippen molar-refractivity contribution in [1.29, 1.82) is 0 Å². The molecular formula is C11H11F3N4OS2. The zero-order chi connectivity index (χ0) is 15.6. The first-order chi connectivity index (χ1) is 9.86. The molecule has 1 heterocycles. The molecule has 0 atom stereocenters. The molecule has 5 nitrogen and oxygen atoms in total. The van der Waals surface area contributed by atoms with Crippen molar-refractivity contribution >= 4 is 33.9 Å². The third-order valence-corrected chi connectivity index (χ3v) is 4.47. The van der Waals surface area contributed by atoms with Crippen LogP contribution in [0.5, 0.6) is 5.75 Å². The summed E-state index contributed by atoms with van der Waals surface area (Å²) in [6.45, 7) is -3.11. The van der Waals surface area contributed by atoms with Gasteiger partial charge < -0.3 is 15.4 Å². The zero-order valence-electron chi connectivity index (χ0n) is 11.0. The van der Waals surface area contributed by atoms with E-state index in [1.54, 1.807) is 4.90 Å². The quantitative estimate of drug-likeness (QED) is 0.847. The van der Waals surface area contributed by atoms with Gasteiger partial charge in [0.25, 0.3) is 0 Å². The SMILES string of the molecule is CN(C)c1nnc(Sc2cc(OC(F)F)c(F)cc2N)s1. The predicted octanol–water partition coefficient (Wildman–Crippen LogP) is 3.08. The van der Waals surface area contributed by atoms with Crippen LogP contribution in [0.2, 0.25) is 0 Å². The van der Waals surface area contributed by atoms with E-state index in [0.29, 0.717) is 14.4 Å². The second-order valence-corrected chi connectivity index (χ2v) is 6.29. The van der Waals surface area contributed by atoms with Gasteiger partial charge >= 0.3 is 6.61 Å². The Labute approximate surface area is 126 Å². The molecule has 2 N–H and O–H groups in total. The highest BCUT2D eigenvalue weighted by Crippen LogP contribution is 2.38. The summed E-state index contributed by atoms with van der Waals surface area (Å²) in [5.74, 6) is -1.50. The van der Waals surface area contributed by atoms with E-state index in [0.717, 1.165) is 23.9 Å². The average molecular weight is 336 g/mol. The van der Waals surface area contributed by atoms with Gasteiger partial charge in [-0.05, 0) is 6.07 Å². The first kappa shape index (κ1) is 15.7. The second-order valence-electron chi connectivity index (χ2n) is 4.05. The van der Waals surface area contributed by atoms with Gasteiger partial charge in [-0.1, -0.05) is 23.1 Å². The Bertz CT molecular complexity index is 636. The molecule has 21 heavy (non-hydrogen) atoms.